The largest absolute Gasteiger partial charge is 0.497 e. The van der Waals surface area contributed by atoms with Gasteiger partial charge >= 0.3 is 6.18 Å². The molecule has 0 aliphatic carbocycles. The van der Waals surface area contributed by atoms with Crippen molar-refractivity contribution in [1.29, 1.82) is 0 Å². The fourth-order valence-corrected chi connectivity index (χ4v) is 2.39. The van der Waals surface area contributed by atoms with Crippen molar-refractivity contribution in [3.8, 4) is 5.75 Å². The molecule has 5 nitrogen and oxygen atoms in total. The van der Waals surface area contributed by atoms with Gasteiger partial charge in [-0.3, -0.25) is 0 Å². The molecule has 0 radical (unpaired) electrons. The second kappa shape index (κ2) is 7.71. The van der Waals surface area contributed by atoms with Crippen molar-refractivity contribution >= 4 is 34.7 Å². The van der Waals surface area contributed by atoms with E-state index in [-0.39, 0.29) is 16.7 Å². The molecule has 3 aromatic rings. The molecule has 9 heteroatoms. The zero-order valence-electron chi connectivity index (χ0n) is 14.0. The quantitative estimate of drug-likeness (QED) is 0.586. The summed E-state index contributed by atoms with van der Waals surface area (Å²) in [5.74, 6) is 1.27. The summed E-state index contributed by atoms with van der Waals surface area (Å²) in [6.45, 7) is 0. The summed E-state index contributed by atoms with van der Waals surface area (Å²) in [4.78, 5) is 8.33. The Labute approximate surface area is 158 Å². The maximum Gasteiger partial charge on any atom is 0.416 e. The molecule has 0 fully saturated rings. The van der Waals surface area contributed by atoms with Crippen LogP contribution in [0.15, 0.2) is 54.7 Å². The summed E-state index contributed by atoms with van der Waals surface area (Å²) < 4.78 is 43.7. The molecule has 0 unspecified atom stereocenters. The standard InChI is InChI=1S/C18H14ClF3N4O/c1-27-13-5-3-12(4-6-13)24-17-23-9-8-16(26-17)25-15-10-11(18(20,21)22)2-7-14(15)19/h2-10H,1H3,(H2,23,24,25,26). The molecular formula is C18H14ClF3N4O. The highest BCUT2D eigenvalue weighted by molar-refractivity contribution is 6.33. The van der Waals surface area contributed by atoms with E-state index >= 15 is 0 Å². The van der Waals surface area contributed by atoms with Gasteiger partial charge in [0.25, 0.3) is 0 Å². The molecule has 1 aromatic heterocycles. The van der Waals surface area contributed by atoms with Crippen LogP contribution in [0.3, 0.4) is 0 Å². The first-order valence-electron chi connectivity index (χ1n) is 7.73. The van der Waals surface area contributed by atoms with Gasteiger partial charge in [-0.25, -0.2) is 4.98 Å². The molecule has 0 spiro atoms. The molecule has 0 atom stereocenters. The number of methoxy groups -OCH3 is 1. The minimum absolute atomic E-state index is 0.0978. The van der Waals surface area contributed by atoms with Crippen LogP contribution in [0.25, 0.3) is 0 Å². The van der Waals surface area contributed by atoms with Crippen molar-refractivity contribution in [3.63, 3.8) is 0 Å². The molecule has 27 heavy (non-hydrogen) atoms. The van der Waals surface area contributed by atoms with Crippen LogP contribution < -0.4 is 15.4 Å². The van der Waals surface area contributed by atoms with Gasteiger partial charge in [-0.1, -0.05) is 11.6 Å². The van der Waals surface area contributed by atoms with Crippen LogP contribution >= 0.6 is 11.6 Å². The van der Waals surface area contributed by atoms with E-state index in [0.717, 1.165) is 17.8 Å². The molecule has 2 aromatic carbocycles. The fraction of sp³-hybridized carbons (Fsp3) is 0.111. The number of benzene rings is 2. The number of ether oxygens (including phenoxy) is 1. The zero-order valence-corrected chi connectivity index (χ0v) is 14.8. The summed E-state index contributed by atoms with van der Waals surface area (Å²) in [6, 6.07) is 11.7. The molecule has 0 amide bonds. The van der Waals surface area contributed by atoms with E-state index in [1.54, 1.807) is 31.4 Å². The molecule has 3 rings (SSSR count). The summed E-state index contributed by atoms with van der Waals surface area (Å²) in [5, 5.41) is 5.93. The number of hydrogen-bond acceptors (Lipinski definition) is 5. The summed E-state index contributed by atoms with van der Waals surface area (Å²) in [5.41, 5.74) is 0.0191. The lowest BCUT2D eigenvalue weighted by atomic mass is 10.2. The van der Waals surface area contributed by atoms with Gasteiger partial charge in [-0.05, 0) is 48.5 Å². The number of nitrogens with one attached hydrogen (secondary N) is 2. The van der Waals surface area contributed by atoms with E-state index in [1.165, 1.54) is 18.3 Å². The molecule has 0 aliphatic heterocycles. The van der Waals surface area contributed by atoms with E-state index in [9.17, 15) is 13.2 Å². The Hall–Kier alpha value is -3.00. The Balaban J connectivity index is 1.79. The molecule has 0 saturated carbocycles. The monoisotopic (exact) mass is 394 g/mol. The lowest BCUT2D eigenvalue weighted by molar-refractivity contribution is -0.137. The van der Waals surface area contributed by atoms with E-state index in [0.29, 0.717) is 11.6 Å². The summed E-state index contributed by atoms with van der Waals surface area (Å²) >= 11 is 5.99. The Morgan fingerprint density at radius 2 is 1.74 bits per heavy atom. The van der Waals surface area contributed by atoms with Crippen molar-refractivity contribution in [2.24, 2.45) is 0 Å². The maximum atomic E-state index is 12.9. The van der Waals surface area contributed by atoms with Gasteiger partial charge in [0, 0.05) is 11.9 Å². The first-order chi connectivity index (χ1) is 12.8. The van der Waals surface area contributed by atoms with Gasteiger partial charge in [0.15, 0.2) is 0 Å². The van der Waals surface area contributed by atoms with Crippen molar-refractivity contribution < 1.29 is 17.9 Å². The van der Waals surface area contributed by atoms with E-state index < -0.39 is 11.7 Å². The van der Waals surface area contributed by atoms with E-state index in [1.807, 2.05) is 0 Å². The molecule has 1 heterocycles. The highest BCUT2D eigenvalue weighted by Crippen LogP contribution is 2.34. The van der Waals surface area contributed by atoms with E-state index in [2.05, 4.69) is 20.6 Å². The second-order valence-electron chi connectivity index (χ2n) is 5.44. The Bertz CT molecular complexity index is 933. The minimum Gasteiger partial charge on any atom is -0.497 e. The number of nitrogens with zero attached hydrogens (tertiary/aromatic N) is 2. The smallest absolute Gasteiger partial charge is 0.416 e. The van der Waals surface area contributed by atoms with Gasteiger partial charge in [-0.2, -0.15) is 18.2 Å². The summed E-state index contributed by atoms with van der Waals surface area (Å²) in [7, 11) is 1.57. The number of rotatable bonds is 5. The normalized spacial score (nSPS) is 11.1. The van der Waals surface area contributed by atoms with Crippen molar-refractivity contribution in [1.82, 2.24) is 9.97 Å². The van der Waals surface area contributed by atoms with E-state index in [4.69, 9.17) is 16.3 Å². The molecule has 0 aliphatic rings. The van der Waals surface area contributed by atoms with Gasteiger partial charge in [0.05, 0.1) is 23.4 Å². The predicted octanol–water partition coefficient (Wildman–Crippen LogP) is 5.64. The lowest BCUT2D eigenvalue weighted by Crippen LogP contribution is -2.06. The molecule has 0 saturated heterocycles. The topological polar surface area (TPSA) is 59.1 Å². The third kappa shape index (κ3) is 4.79. The number of anilines is 4. The minimum atomic E-state index is -4.46. The van der Waals surface area contributed by atoms with Crippen LogP contribution in [0.5, 0.6) is 5.75 Å². The highest BCUT2D eigenvalue weighted by Gasteiger charge is 2.31. The first-order valence-corrected chi connectivity index (χ1v) is 8.11. The zero-order chi connectivity index (χ0) is 19.4. The van der Waals surface area contributed by atoms with Gasteiger partial charge in [0.2, 0.25) is 5.95 Å². The van der Waals surface area contributed by atoms with Crippen LogP contribution in [0.2, 0.25) is 5.02 Å². The molecule has 0 bridgehead atoms. The Kier molecular flexibility index (Phi) is 5.36. The Morgan fingerprint density at radius 1 is 1.00 bits per heavy atom. The lowest BCUT2D eigenvalue weighted by Gasteiger charge is -2.12. The molecular weight excluding hydrogens is 381 g/mol. The third-order valence-electron chi connectivity index (χ3n) is 3.56. The van der Waals surface area contributed by atoms with Crippen LogP contribution in [0.1, 0.15) is 5.56 Å². The average Bonchev–Trinajstić information content (AvgIpc) is 2.63. The number of alkyl halides is 3. The first kappa shape index (κ1) is 18.8. The van der Waals surface area contributed by atoms with Gasteiger partial charge in [-0.15, -0.1) is 0 Å². The van der Waals surface area contributed by atoms with Gasteiger partial charge in [0.1, 0.15) is 11.6 Å². The Morgan fingerprint density at radius 3 is 2.41 bits per heavy atom. The van der Waals surface area contributed by atoms with Gasteiger partial charge < -0.3 is 15.4 Å². The predicted molar refractivity (Wildman–Crippen MR) is 98.0 cm³/mol. The van der Waals surface area contributed by atoms with Crippen molar-refractivity contribution in [2.75, 3.05) is 17.7 Å². The van der Waals surface area contributed by atoms with Crippen molar-refractivity contribution in [2.45, 2.75) is 6.18 Å². The maximum absolute atomic E-state index is 12.9. The van der Waals surface area contributed by atoms with Crippen LogP contribution in [-0.2, 0) is 6.18 Å². The summed E-state index contributed by atoms with van der Waals surface area (Å²) in [6.07, 6.45) is -2.99. The van der Waals surface area contributed by atoms with Crippen LogP contribution in [-0.4, -0.2) is 17.1 Å². The molecule has 140 valence electrons. The number of aromatic nitrogens is 2. The van der Waals surface area contributed by atoms with Crippen molar-refractivity contribution in [3.05, 3.63) is 65.3 Å². The molecule has 2 N–H and O–H groups in total. The van der Waals surface area contributed by atoms with Crippen LogP contribution in [0.4, 0.5) is 36.3 Å². The second-order valence-corrected chi connectivity index (χ2v) is 5.84. The number of halogens is 4. The average molecular weight is 395 g/mol. The fourth-order valence-electron chi connectivity index (χ4n) is 2.23. The number of hydrogen-bond donors (Lipinski definition) is 2. The highest BCUT2D eigenvalue weighted by atomic mass is 35.5. The SMILES string of the molecule is COc1ccc(Nc2nccc(Nc3cc(C(F)(F)F)ccc3Cl)n2)cc1. The van der Waals surface area contributed by atoms with Crippen LogP contribution in [0, 0.1) is 0 Å². The third-order valence-corrected chi connectivity index (χ3v) is 3.89.